The second-order valence-corrected chi connectivity index (χ2v) is 10.4. The second-order valence-electron chi connectivity index (χ2n) is 8.41. The highest BCUT2D eigenvalue weighted by molar-refractivity contribution is 7.89. The van der Waals surface area contributed by atoms with Gasteiger partial charge in [0, 0.05) is 6.42 Å². The summed E-state index contributed by atoms with van der Waals surface area (Å²) in [5, 5.41) is 0. The van der Waals surface area contributed by atoms with Crippen molar-refractivity contribution in [3.8, 4) is 0 Å². The summed E-state index contributed by atoms with van der Waals surface area (Å²) in [6, 6.07) is 5.02. The number of benzene rings is 1. The average Bonchev–Trinajstić information content (AvgIpc) is 2.93. The summed E-state index contributed by atoms with van der Waals surface area (Å²) >= 11 is 0. The minimum absolute atomic E-state index is 0.0375. The number of hydrogen-bond donors (Lipinski definition) is 1. The molecule has 2 saturated heterocycles. The molecule has 7 nitrogen and oxygen atoms in total. The molecule has 158 valence electrons. The summed E-state index contributed by atoms with van der Waals surface area (Å²) in [7, 11) is -3.75. The number of rotatable bonds is 4. The zero-order valence-electron chi connectivity index (χ0n) is 16.4. The highest BCUT2D eigenvalue weighted by atomic mass is 32.2. The van der Waals surface area contributed by atoms with Crippen LogP contribution in [0, 0.1) is 11.2 Å². The predicted octanol–water partition coefficient (Wildman–Crippen LogP) is 0.382. The number of piperazine rings is 1. The van der Waals surface area contributed by atoms with Crippen molar-refractivity contribution in [2.45, 2.75) is 43.4 Å². The van der Waals surface area contributed by atoms with E-state index in [0.717, 1.165) is 43.1 Å². The van der Waals surface area contributed by atoms with Crippen molar-refractivity contribution in [2.24, 2.45) is 5.41 Å². The number of amides is 2. The average molecular weight is 425 g/mol. The van der Waals surface area contributed by atoms with E-state index in [2.05, 4.69) is 0 Å². The van der Waals surface area contributed by atoms with Crippen molar-refractivity contribution in [3.63, 3.8) is 0 Å². The molecular weight excluding hydrogens is 397 g/mol. The lowest BCUT2D eigenvalue weighted by atomic mass is 9.73. The molecule has 9 heteroatoms. The quantitative estimate of drug-likeness (QED) is 0.709. The van der Waals surface area contributed by atoms with Gasteiger partial charge in [-0.3, -0.25) is 9.59 Å². The molecule has 2 heterocycles. The van der Waals surface area contributed by atoms with E-state index in [1.54, 1.807) is 0 Å². The van der Waals surface area contributed by atoms with Crippen molar-refractivity contribution in [1.82, 2.24) is 9.21 Å². The number of carbonyl (C=O) groups is 2. The summed E-state index contributed by atoms with van der Waals surface area (Å²) < 4.78 is 40.2. The Morgan fingerprint density at radius 3 is 2.41 bits per heavy atom. The van der Waals surface area contributed by atoms with Gasteiger partial charge in [0.05, 0.1) is 36.5 Å². The fraction of sp³-hybridized carbons (Fsp3) is 0.600. The lowest BCUT2D eigenvalue weighted by molar-refractivity contribution is -0.910. The van der Waals surface area contributed by atoms with Crippen LogP contribution in [0.5, 0.6) is 0 Å². The molecule has 0 aromatic heterocycles. The van der Waals surface area contributed by atoms with Crippen molar-refractivity contribution in [3.05, 3.63) is 30.1 Å². The van der Waals surface area contributed by atoms with Gasteiger partial charge in [-0.05, 0) is 31.0 Å². The number of halogens is 1. The van der Waals surface area contributed by atoms with Crippen molar-refractivity contribution >= 4 is 21.8 Å². The van der Waals surface area contributed by atoms with Crippen LogP contribution < -0.4 is 4.90 Å². The Hall–Kier alpha value is -1.84. The molecule has 3 aliphatic rings. The van der Waals surface area contributed by atoms with Crippen molar-refractivity contribution in [1.29, 1.82) is 0 Å². The fourth-order valence-corrected chi connectivity index (χ4v) is 6.31. The van der Waals surface area contributed by atoms with Gasteiger partial charge >= 0.3 is 0 Å². The number of imide groups is 1. The van der Waals surface area contributed by atoms with Gasteiger partial charge in [-0.25, -0.2) is 17.7 Å². The molecule has 0 bridgehead atoms. The van der Waals surface area contributed by atoms with E-state index in [0.29, 0.717) is 26.2 Å². The van der Waals surface area contributed by atoms with Gasteiger partial charge in [-0.1, -0.05) is 25.3 Å². The molecule has 3 fully saturated rings. The summed E-state index contributed by atoms with van der Waals surface area (Å²) in [5.41, 5.74) is -0.489. The molecule has 1 spiro atoms. The zero-order chi connectivity index (χ0) is 20.6. The monoisotopic (exact) mass is 424 g/mol. The molecule has 0 radical (unpaired) electrons. The van der Waals surface area contributed by atoms with Crippen LogP contribution in [0.3, 0.4) is 0 Å². The number of nitrogens with zero attached hydrogens (tertiary/aromatic N) is 2. The van der Waals surface area contributed by atoms with Crippen LogP contribution in [0.2, 0.25) is 0 Å². The highest BCUT2D eigenvalue weighted by Gasteiger charge is 2.52. The SMILES string of the molecule is O=C1CC2(CCCCC2)C(=O)N1C[NH+]1CCN(S(=O)(=O)c2cccc(F)c2)CC1. The Labute approximate surface area is 170 Å². The van der Waals surface area contributed by atoms with Gasteiger partial charge in [0.1, 0.15) is 5.82 Å². The lowest BCUT2D eigenvalue weighted by Crippen LogP contribution is -3.16. The normalized spacial score (nSPS) is 23.8. The first kappa shape index (κ1) is 20.4. The van der Waals surface area contributed by atoms with E-state index >= 15 is 0 Å². The molecule has 0 atom stereocenters. The smallest absolute Gasteiger partial charge is 0.243 e. The van der Waals surface area contributed by atoms with Gasteiger partial charge in [-0.15, -0.1) is 0 Å². The van der Waals surface area contributed by atoms with Crippen LogP contribution in [0.15, 0.2) is 29.2 Å². The van der Waals surface area contributed by atoms with Gasteiger partial charge in [0.15, 0.2) is 6.67 Å². The summed E-state index contributed by atoms with van der Waals surface area (Å²) in [6.45, 7) is 1.84. The number of nitrogens with one attached hydrogen (secondary N) is 1. The molecule has 1 aliphatic carbocycles. The van der Waals surface area contributed by atoms with E-state index in [1.165, 1.54) is 27.4 Å². The molecule has 0 unspecified atom stereocenters. The minimum atomic E-state index is -3.75. The molecule has 4 rings (SSSR count). The molecule has 1 aromatic carbocycles. The first-order valence-corrected chi connectivity index (χ1v) is 11.7. The number of likely N-dealkylation sites (tertiary alicyclic amines) is 1. The van der Waals surface area contributed by atoms with Crippen molar-refractivity contribution < 1.29 is 27.3 Å². The Bertz CT molecular complexity index is 906. The molecule has 2 amide bonds. The Balaban J connectivity index is 1.38. The van der Waals surface area contributed by atoms with Gasteiger partial charge in [0.2, 0.25) is 21.8 Å². The molecular formula is C20H27FN3O4S+. The second kappa shape index (κ2) is 7.77. The van der Waals surface area contributed by atoms with Crippen LogP contribution in [0.4, 0.5) is 4.39 Å². The first-order chi connectivity index (χ1) is 13.8. The number of sulfonamides is 1. The topological polar surface area (TPSA) is 79.2 Å². The van der Waals surface area contributed by atoms with E-state index in [-0.39, 0.29) is 29.8 Å². The van der Waals surface area contributed by atoms with Gasteiger partial charge < -0.3 is 4.90 Å². The van der Waals surface area contributed by atoms with Gasteiger partial charge in [-0.2, -0.15) is 4.31 Å². The largest absolute Gasteiger partial charge is 0.315 e. The molecule has 2 aliphatic heterocycles. The van der Waals surface area contributed by atoms with E-state index in [1.807, 2.05) is 0 Å². The van der Waals surface area contributed by atoms with Crippen LogP contribution in [-0.4, -0.2) is 62.3 Å². The third kappa shape index (κ3) is 3.83. The number of hydrogen-bond acceptors (Lipinski definition) is 4. The highest BCUT2D eigenvalue weighted by Crippen LogP contribution is 2.44. The lowest BCUT2D eigenvalue weighted by Gasteiger charge is -2.34. The third-order valence-electron chi connectivity index (χ3n) is 6.55. The standard InChI is InChI=1S/C20H26FN3O4S/c21-16-5-4-6-17(13-16)29(27,28)23-11-9-22(10-12-23)15-24-18(25)14-20(19(24)26)7-2-1-3-8-20/h4-6,13H,1-3,7-12,14-15H2/p+1. The maximum absolute atomic E-state index is 13.4. The van der Waals surface area contributed by atoms with E-state index < -0.39 is 21.3 Å². The Morgan fingerprint density at radius 2 is 1.76 bits per heavy atom. The third-order valence-corrected chi connectivity index (χ3v) is 8.44. The maximum Gasteiger partial charge on any atom is 0.243 e. The molecule has 1 saturated carbocycles. The summed E-state index contributed by atoms with van der Waals surface area (Å²) in [5.74, 6) is -0.721. The zero-order valence-corrected chi connectivity index (χ0v) is 17.2. The number of quaternary nitrogens is 1. The number of carbonyl (C=O) groups excluding carboxylic acids is 2. The Morgan fingerprint density at radius 1 is 1.07 bits per heavy atom. The van der Waals surface area contributed by atoms with Crippen LogP contribution in [0.25, 0.3) is 0 Å². The minimum Gasteiger partial charge on any atom is -0.315 e. The first-order valence-electron chi connectivity index (χ1n) is 10.3. The van der Waals surface area contributed by atoms with Crippen LogP contribution in [0.1, 0.15) is 38.5 Å². The summed E-state index contributed by atoms with van der Waals surface area (Å²) in [4.78, 5) is 27.8. The maximum atomic E-state index is 13.4. The van der Waals surface area contributed by atoms with E-state index in [9.17, 15) is 22.4 Å². The van der Waals surface area contributed by atoms with Crippen molar-refractivity contribution in [2.75, 3.05) is 32.8 Å². The Kier molecular flexibility index (Phi) is 5.48. The molecule has 1 aromatic rings. The van der Waals surface area contributed by atoms with Crippen LogP contribution in [-0.2, 0) is 19.6 Å². The van der Waals surface area contributed by atoms with E-state index in [4.69, 9.17) is 0 Å². The molecule has 29 heavy (non-hydrogen) atoms. The fourth-order valence-electron chi connectivity index (χ4n) is 4.84. The predicted molar refractivity (Wildman–Crippen MR) is 103 cm³/mol. The van der Waals surface area contributed by atoms with Crippen LogP contribution >= 0.6 is 0 Å². The molecule has 1 N–H and O–H groups in total. The van der Waals surface area contributed by atoms with Gasteiger partial charge in [0.25, 0.3) is 0 Å². The summed E-state index contributed by atoms with van der Waals surface area (Å²) in [6.07, 6.45) is 5.02.